The fourth-order valence-corrected chi connectivity index (χ4v) is 7.34. The van der Waals surface area contributed by atoms with Gasteiger partial charge in [0.25, 0.3) is 0 Å². The number of hydrogen-bond donors (Lipinski definition) is 0. The lowest BCUT2D eigenvalue weighted by Gasteiger charge is -2.18. The quantitative estimate of drug-likeness (QED) is 0.0261. The highest BCUT2D eigenvalue weighted by Gasteiger charge is 2.19. The summed E-state index contributed by atoms with van der Waals surface area (Å²) in [5.41, 5.74) is 0. The summed E-state index contributed by atoms with van der Waals surface area (Å²) in [6.45, 7) is 6.28. The Bertz CT molecular complexity index is 1610. The summed E-state index contributed by atoms with van der Waals surface area (Å²) < 4.78 is 16.7. The van der Waals surface area contributed by atoms with Crippen LogP contribution in [0.1, 0.15) is 233 Å². The second-order valence-corrected chi connectivity index (χ2v) is 18.4. The summed E-state index contributed by atoms with van der Waals surface area (Å²) >= 11 is 0. The molecule has 0 aromatic heterocycles. The molecule has 0 aliphatic rings. The molecule has 72 heavy (non-hydrogen) atoms. The molecule has 0 saturated heterocycles. The Morgan fingerprint density at radius 1 is 0.306 bits per heavy atom. The van der Waals surface area contributed by atoms with Gasteiger partial charge in [-0.15, -0.1) is 0 Å². The van der Waals surface area contributed by atoms with E-state index in [2.05, 4.69) is 154 Å². The maximum atomic E-state index is 12.8. The van der Waals surface area contributed by atoms with Crippen molar-refractivity contribution < 1.29 is 28.6 Å². The SMILES string of the molecule is CC/C=C\C/C=C\C/C=C\C/C=C\C/C=C\C/C=C\CCCCCCCCC(=O)OCC(COC(=O)CCCCCCC/C=C\CCCCCCC)OC(=O)C/C=C\C/C=C\C/C=C\C/C=C\C/C=C\CC. The predicted molar refractivity (Wildman–Crippen MR) is 311 cm³/mol. The molecular formula is C66H104O6. The van der Waals surface area contributed by atoms with E-state index in [1.165, 1.54) is 57.8 Å². The van der Waals surface area contributed by atoms with Crippen molar-refractivity contribution in [3.8, 4) is 0 Å². The summed E-state index contributed by atoms with van der Waals surface area (Å²) in [5, 5.41) is 0. The van der Waals surface area contributed by atoms with Gasteiger partial charge < -0.3 is 14.2 Å². The number of esters is 3. The van der Waals surface area contributed by atoms with Gasteiger partial charge in [-0.05, 0) is 122 Å². The lowest BCUT2D eigenvalue weighted by Crippen LogP contribution is -2.30. The number of unbranched alkanes of at least 4 members (excludes halogenated alkanes) is 16. The zero-order valence-corrected chi connectivity index (χ0v) is 46.1. The lowest BCUT2D eigenvalue weighted by atomic mass is 10.1. The summed E-state index contributed by atoms with van der Waals surface area (Å²) in [6, 6.07) is 0. The van der Waals surface area contributed by atoms with Crippen molar-refractivity contribution >= 4 is 17.9 Å². The van der Waals surface area contributed by atoms with Crippen molar-refractivity contribution in [3.05, 3.63) is 146 Å². The molecule has 0 aliphatic carbocycles. The third-order valence-electron chi connectivity index (χ3n) is 11.6. The van der Waals surface area contributed by atoms with Crippen molar-refractivity contribution in [2.75, 3.05) is 13.2 Å². The molecule has 0 saturated carbocycles. The second kappa shape index (κ2) is 58.9. The first-order valence-electron chi connectivity index (χ1n) is 28.8. The molecule has 0 spiro atoms. The topological polar surface area (TPSA) is 78.9 Å². The van der Waals surface area contributed by atoms with Gasteiger partial charge >= 0.3 is 17.9 Å². The molecule has 1 unspecified atom stereocenters. The molecule has 0 N–H and O–H groups in total. The number of allylic oxidation sites excluding steroid dienone is 23. The fraction of sp³-hybridized carbons (Fsp3) is 0.591. The molecule has 0 fully saturated rings. The first-order chi connectivity index (χ1) is 35.5. The largest absolute Gasteiger partial charge is 0.462 e. The highest BCUT2D eigenvalue weighted by molar-refractivity contribution is 5.72. The van der Waals surface area contributed by atoms with Crippen molar-refractivity contribution in [1.82, 2.24) is 0 Å². The highest BCUT2D eigenvalue weighted by Crippen LogP contribution is 2.13. The van der Waals surface area contributed by atoms with Crippen LogP contribution in [0.3, 0.4) is 0 Å². The first kappa shape index (κ1) is 67.3. The van der Waals surface area contributed by atoms with Crippen LogP contribution in [0.5, 0.6) is 0 Å². The van der Waals surface area contributed by atoms with Gasteiger partial charge in [-0.1, -0.05) is 237 Å². The van der Waals surface area contributed by atoms with E-state index in [0.29, 0.717) is 19.3 Å². The van der Waals surface area contributed by atoms with Crippen molar-refractivity contribution in [3.63, 3.8) is 0 Å². The van der Waals surface area contributed by atoms with Crippen molar-refractivity contribution in [1.29, 1.82) is 0 Å². The molecule has 0 bridgehead atoms. The second-order valence-electron chi connectivity index (χ2n) is 18.4. The van der Waals surface area contributed by atoms with Crippen LogP contribution in [0.4, 0.5) is 0 Å². The summed E-state index contributed by atoms with van der Waals surface area (Å²) in [7, 11) is 0. The minimum Gasteiger partial charge on any atom is -0.462 e. The zero-order valence-electron chi connectivity index (χ0n) is 46.1. The van der Waals surface area contributed by atoms with Gasteiger partial charge in [-0.25, -0.2) is 0 Å². The standard InChI is InChI=1S/C66H104O6/c1-4-7-10-13-16-19-22-25-28-29-30-31-32-33-34-35-36-37-39-41-44-47-50-53-56-59-65(68)71-62-63(61-70-64(67)58-55-52-49-46-43-40-27-24-21-18-15-12-9-6-3)72-66(69)60-57-54-51-48-45-42-38-26-23-20-17-14-11-8-5-2/h7-8,10-11,16-17,19-20,24-28,30-31,33-34,36-38,45,48,54,57,63H,4-6,9,12-15,18,21-23,29,32,35,39-44,46-47,49-53,55-56,58-62H2,1-3H3/b10-7-,11-8-,19-16-,20-17-,27-24-,28-25-,31-30-,34-33-,37-36-,38-26-,48-45-,57-54-. The monoisotopic (exact) mass is 993 g/mol. The van der Waals surface area contributed by atoms with Crippen molar-refractivity contribution in [2.24, 2.45) is 0 Å². The Morgan fingerprint density at radius 2 is 0.583 bits per heavy atom. The van der Waals surface area contributed by atoms with E-state index in [0.717, 1.165) is 128 Å². The molecular weight excluding hydrogens is 889 g/mol. The summed E-state index contributed by atoms with van der Waals surface area (Å²) in [6.07, 6.45) is 84.3. The van der Waals surface area contributed by atoms with Gasteiger partial charge in [0, 0.05) is 12.8 Å². The normalized spacial score (nSPS) is 13.2. The number of hydrogen-bond acceptors (Lipinski definition) is 6. The van der Waals surface area contributed by atoms with Crippen LogP contribution in [-0.2, 0) is 28.6 Å². The average Bonchev–Trinajstić information content (AvgIpc) is 3.38. The summed E-state index contributed by atoms with van der Waals surface area (Å²) in [4.78, 5) is 38.1. The van der Waals surface area contributed by atoms with E-state index in [9.17, 15) is 14.4 Å². The number of rotatable bonds is 50. The third kappa shape index (κ3) is 56.2. The Kier molecular flexibility index (Phi) is 55.0. The smallest absolute Gasteiger partial charge is 0.310 e. The van der Waals surface area contributed by atoms with Crippen LogP contribution >= 0.6 is 0 Å². The van der Waals surface area contributed by atoms with Crippen LogP contribution in [0.25, 0.3) is 0 Å². The van der Waals surface area contributed by atoms with Gasteiger partial charge in [0.15, 0.2) is 6.10 Å². The van der Waals surface area contributed by atoms with E-state index >= 15 is 0 Å². The number of ether oxygens (including phenoxy) is 3. The molecule has 0 aliphatic heterocycles. The number of carbonyl (C=O) groups excluding carboxylic acids is 3. The van der Waals surface area contributed by atoms with Gasteiger partial charge in [0.1, 0.15) is 13.2 Å². The Labute approximate surface area is 442 Å². The molecule has 0 aromatic rings. The minimum atomic E-state index is -0.848. The maximum absolute atomic E-state index is 12.8. The molecule has 0 heterocycles. The third-order valence-corrected chi connectivity index (χ3v) is 11.6. The Balaban J connectivity index is 4.49. The average molecular weight is 994 g/mol. The molecule has 404 valence electrons. The van der Waals surface area contributed by atoms with E-state index in [1.54, 1.807) is 6.08 Å². The molecule has 0 amide bonds. The number of carbonyl (C=O) groups is 3. The molecule has 0 radical (unpaired) electrons. The van der Waals surface area contributed by atoms with E-state index in [-0.39, 0.29) is 31.6 Å². The maximum Gasteiger partial charge on any atom is 0.310 e. The van der Waals surface area contributed by atoms with Gasteiger partial charge in [-0.3, -0.25) is 14.4 Å². The molecule has 6 nitrogen and oxygen atoms in total. The van der Waals surface area contributed by atoms with Gasteiger partial charge in [-0.2, -0.15) is 0 Å². The van der Waals surface area contributed by atoms with E-state index < -0.39 is 12.1 Å². The van der Waals surface area contributed by atoms with Crippen LogP contribution in [0.2, 0.25) is 0 Å². The summed E-state index contributed by atoms with van der Waals surface area (Å²) in [5.74, 6) is -1.09. The fourth-order valence-electron chi connectivity index (χ4n) is 7.34. The van der Waals surface area contributed by atoms with E-state index in [1.807, 2.05) is 6.08 Å². The van der Waals surface area contributed by atoms with E-state index in [4.69, 9.17) is 14.2 Å². The van der Waals surface area contributed by atoms with Crippen LogP contribution in [0.15, 0.2) is 146 Å². The molecule has 0 rings (SSSR count). The first-order valence-corrected chi connectivity index (χ1v) is 28.8. The van der Waals surface area contributed by atoms with Crippen molar-refractivity contribution in [2.45, 2.75) is 239 Å². The van der Waals surface area contributed by atoms with Gasteiger partial charge in [0.2, 0.25) is 0 Å². The van der Waals surface area contributed by atoms with Crippen LogP contribution in [0, 0.1) is 0 Å². The highest BCUT2D eigenvalue weighted by atomic mass is 16.6. The Morgan fingerprint density at radius 3 is 0.931 bits per heavy atom. The zero-order chi connectivity index (χ0) is 52.2. The molecule has 0 aromatic carbocycles. The van der Waals surface area contributed by atoms with Crippen LogP contribution < -0.4 is 0 Å². The predicted octanol–water partition coefficient (Wildman–Crippen LogP) is 19.6. The minimum absolute atomic E-state index is 0.0855. The molecule has 6 heteroatoms. The van der Waals surface area contributed by atoms with Crippen LogP contribution in [-0.4, -0.2) is 37.2 Å². The molecule has 1 atom stereocenters. The Hall–Kier alpha value is -4.71. The van der Waals surface area contributed by atoms with Gasteiger partial charge in [0.05, 0.1) is 6.42 Å². The lowest BCUT2D eigenvalue weighted by molar-refractivity contribution is -0.166.